The molecule has 1 heterocycles. The van der Waals surface area contributed by atoms with Gasteiger partial charge in [-0.3, -0.25) is 4.79 Å². The number of aromatic nitrogens is 1. The molecule has 124 valence electrons. The molecule has 0 aliphatic heterocycles. The molecule has 0 spiro atoms. The third-order valence-electron chi connectivity index (χ3n) is 3.27. The number of nitrogens with zero attached hydrogens (tertiary/aromatic N) is 1. The van der Waals surface area contributed by atoms with Gasteiger partial charge in [-0.15, -0.1) is 0 Å². The molecule has 2 rings (SSSR count). The average Bonchev–Trinajstić information content (AvgIpc) is 3.03. The number of benzene rings is 1. The zero-order valence-corrected chi connectivity index (χ0v) is 13.5. The van der Waals surface area contributed by atoms with Crippen LogP contribution in [0, 0.1) is 0 Å². The maximum Gasteiger partial charge on any atom is 0.226 e. The molecule has 1 aromatic heterocycles. The number of carbonyl (C=O) groups is 1. The predicted molar refractivity (Wildman–Crippen MR) is 86.3 cm³/mol. The van der Waals surface area contributed by atoms with Crippen molar-refractivity contribution in [2.75, 3.05) is 26.9 Å². The number of amides is 1. The monoisotopic (exact) mass is 318 g/mol. The van der Waals surface area contributed by atoms with Crippen LogP contribution in [0.5, 0.6) is 5.75 Å². The fraction of sp³-hybridized carbons (Fsp3) is 0.412. The Morgan fingerprint density at radius 3 is 2.78 bits per heavy atom. The first-order valence-electron chi connectivity index (χ1n) is 7.67. The van der Waals surface area contributed by atoms with Crippen LogP contribution in [0.4, 0.5) is 0 Å². The Kier molecular flexibility index (Phi) is 6.62. The summed E-state index contributed by atoms with van der Waals surface area (Å²) in [5.41, 5.74) is 1.50. The largest absolute Gasteiger partial charge is 0.497 e. The van der Waals surface area contributed by atoms with E-state index in [0.717, 1.165) is 17.7 Å². The number of nitrogens with one attached hydrogen (secondary N) is 1. The Bertz CT molecular complexity index is 607. The first-order chi connectivity index (χ1) is 11.2. The van der Waals surface area contributed by atoms with Crippen LogP contribution in [0.15, 0.2) is 34.9 Å². The topological polar surface area (TPSA) is 73.6 Å². The van der Waals surface area contributed by atoms with Crippen LogP contribution in [0.3, 0.4) is 0 Å². The van der Waals surface area contributed by atoms with Gasteiger partial charge in [0, 0.05) is 31.4 Å². The summed E-state index contributed by atoms with van der Waals surface area (Å²) >= 11 is 0. The lowest BCUT2D eigenvalue weighted by atomic mass is 10.1. The first-order valence-corrected chi connectivity index (χ1v) is 7.67. The minimum Gasteiger partial charge on any atom is -0.497 e. The Balaban J connectivity index is 1.83. The number of ether oxygens (including phenoxy) is 2. The summed E-state index contributed by atoms with van der Waals surface area (Å²) in [6.45, 7) is 3.90. The van der Waals surface area contributed by atoms with E-state index in [2.05, 4.69) is 10.5 Å². The van der Waals surface area contributed by atoms with Gasteiger partial charge in [0.25, 0.3) is 0 Å². The molecule has 0 unspecified atom stereocenters. The van der Waals surface area contributed by atoms with Gasteiger partial charge in [-0.25, -0.2) is 0 Å². The second-order valence-electron chi connectivity index (χ2n) is 4.99. The molecule has 0 aliphatic rings. The van der Waals surface area contributed by atoms with Gasteiger partial charge in [-0.05, 0) is 37.6 Å². The van der Waals surface area contributed by atoms with Gasteiger partial charge in [0.2, 0.25) is 5.91 Å². The predicted octanol–water partition coefficient (Wildman–Crippen LogP) is 2.44. The molecule has 1 amide bonds. The standard InChI is InChI=1S/C17H22N2O4/c1-3-22-10-4-9-18-17(20)12-14-11-16(23-19-14)13-5-7-15(21-2)8-6-13/h5-8,11H,3-4,9-10,12H2,1-2H3,(H,18,20). The normalized spacial score (nSPS) is 10.5. The van der Waals surface area contributed by atoms with Gasteiger partial charge in [0.1, 0.15) is 5.75 Å². The lowest BCUT2D eigenvalue weighted by Crippen LogP contribution is -2.26. The Hall–Kier alpha value is -2.34. The number of hydrogen-bond acceptors (Lipinski definition) is 5. The first kappa shape index (κ1) is 17.0. The summed E-state index contributed by atoms with van der Waals surface area (Å²) in [4.78, 5) is 11.8. The maximum absolute atomic E-state index is 11.8. The molecule has 0 saturated carbocycles. The molecule has 0 saturated heterocycles. The molecule has 0 bridgehead atoms. The van der Waals surface area contributed by atoms with E-state index in [1.54, 1.807) is 13.2 Å². The van der Waals surface area contributed by atoms with Gasteiger partial charge >= 0.3 is 0 Å². The highest BCUT2D eigenvalue weighted by Crippen LogP contribution is 2.23. The van der Waals surface area contributed by atoms with Crippen LogP contribution >= 0.6 is 0 Å². The second kappa shape index (κ2) is 8.95. The van der Waals surface area contributed by atoms with Crippen molar-refractivity contribution >= 4 is 5.91 Å². The minimum atomic E-state index is -0.0731. The minimum absolute atomic E-state index is 0.0731. The van der Waals surface area contributed by atoms with Crippen LogP contribution in [0.25, 0.3) is 11.3 Å². The highest BCUT2D eigenvalue weighted by Gasteiger charge is 2.10. The molecular weight excluding hydrogens is 296 g/mol. The molecule has 0 atom stereocenters. The summed E-state index contributed by atoms with van der Waals surface area (Å²) in [6.07, 6.45) is 1.00. The zero-order chi connectivity index (χ0) is 16.5. The van der Waals surface area contributed by atoms with Gasteiger partial charge in [-0.2, -0.15) is 0 Å². The summed E-state index contributed by atoms with van der Waals surface area (Å²) in [5, 5.41) is 6.78. The van der Waals surface area contributed by atoms with Crippen molar-refractivity contribution in [2.45, 2.75) is 19.8 Å². The average molecular weight is 318 g/mol. The third-order valence-corrected chi connectivity index (χ3v) is 3.27. The van der Waals surface area contributed by atoms with E-state index in [1.807, 2.05) is 31.2 Å². The van der Waals surface area contributed by atoms with Crippen LogP contribution in [0.2, 0.25) is 0 Å². The van der Waals surface area contributed by atoms with Gasteiger partial charge in [-0.1, -0.05) is 5.16 Å². The molecule has 1 N–H and O–H groups in total. The second-order valence-corrected chi connectivity index (χ2v) is 4.99. The van der Waals surface area contributed by atoms with E-state index in [9.17, 15) is 4.79 Å². The van der Waals surface area contributed by atoms with E-state index in [1.165, 1.54) is 0 Å². The molecule has 0 aliphatic carbocycles. The number of carbonyl (C=O) groups excluding carboxylic acids is 1. The summed E-state index contributed by atoms with van der Waals surface area (Å²) < 4.78 is 15.6. The van der Waals surface area contributed by atoms with E-state index in [0.29, 0.717) is 31.2 Å². The van der Waals surface area contributed by atoms with Crippen molar-refractivity contribution in [3.8, 4) is 17.1 Å². The lowest BCUT2D eigenvalue weighted by molar-refractivity contribution is -0.120. The van der Waals surface area contributed by atoms with Gasteiger partial charge in [0.05, 0.1) is 19.2 Å². The van der Waals surface area contributed by atoms with Gasteiger partial charge in [0.15, 0.2) is 5.76 Å². The van der Waals surface area contributed by atoms with Crippen LogP contribution in [-0.4, -0.2) is 37.9 Å². The van der Waals surface area contributed by atoms with Crippen molar-refractivity contribution < 1.29 is 18.8 Å². The highest BCUT2D eigenvalue weighted by molar-refractivity contribution is 5.78. The summed E-state index contributed by atoms with van der Waals surface area (Å²) in [5.74, 6) is 1.34. The van der Waals surface area contributed by atoms with Crippen molar-refractivity contribution in [3.05, 3.63) is 36.0 Å². The lowest BCUT2D eigenvalue weighted by Gasteiger charge is -2.03. The fourth-order valence-electron chi connectivity index (χ4n) is 2.06. The molecule has 6 heteroatoms. The zero-order valence-electron chi connectivity index (χ0n) is 13.5. The van der Waals surface area contributed by atoms with Crippen molar-refractivity contribution in [1.82, 2.24) is 10.5 Å². The quantitative estimate of drug-likeness (QED) is 0.719. The Morgan fingerprint density at radius 2 is 2.09 bits per heavy atom. The molecule has 23 heavy (non-hydrogen) atoms. The van der Waals surface area contributed by atoms with Crippen molar-refractivity contribution in [2.24, 2.45) is 0 Å². The molecule has 1 aromatic carbocycles. The molecule has 0 radical (unpaired) electrons. The number of rotatable bonds is 9. The molecule has 2 aromatic rings. The Morgan fingerprint density at radius 1 is 1.30 bits per heavy atom. The van der Waals surface area contributed by atoms with Crippen LogP contribution in [0.1, 0.15) is 19.0 Å². The summed E-state index contributed by atoms with van der Waals surface area (Å²) in [7, 11) is 1.62. The molecular formula is C17H22N2O4. The van der Waals surface area contributed by atoms with Gasteiger partial charge < -0.3 is 19.3 Å². The van der Waals surface area contributed by atoms with E-state index < -0.39 is 0 Å². The highest BCUT2D eigenvalue weighted by atomic mass is 16.5. The molecule has 0 fully saturated rings. The molecule has 6 nitrogen and oxygen atoms in total. The number of methoxy groups -OCH3 is 1. The third kappa shape index (κ3) is 5.41. The Labute approximate surface area is 135 Å². The fourth-order valence-corrected chi connectivity index (χ4v) is 2.06. The van der Waals surface area contributed by atoms with E-state index >= 15 is 0 Å². The van der Waals surface area contributed by atoms with Crippen LogP contribution in [-0.2, 0) is 16.0 Å². The SMILES string of the molecule is CCOCCCNC(=O)Cc1cc(-c2ccc(OC)cc2)on1. The summed E-state index contributed by atoms with van der Waals surface area (Å²) in [6, 6.07) is 9.25. The van der Waals surface area contributed by atoms with E-state index in [4.69, 9.17) is 14.0 Å². The van der Waals surface area contributed by atoms with Crippen molar-refractivity contribution in [3.63, 3.8) is 0 Å². The smallest absolute Gasteiger partial charge is 0.226 e. The van der Waals surface area contributed by atoms with Crippen molar-refractivity contribution in [1.29, 1.82) is 0 Å². The van der Waals surface area contributed by atoms with E-state index in [-0.39, 0.29) is 12.3 Å². The maximum atomic E-state index is 11.8. The number of hydrogen-bond donors (Lipinski definition) is 1. The van der Waals surface area contributed by atoms with Crippen LogP contribution < -0.4 is 10.1 Å².